The second kappa shape index (κ2) is 7.57. The Hall–Kier alpha value is -2.22. The van der Waals surface area contributed by atoms with Gasteiger partial charge in [0.05, 0.1) is 18.3 Å². The highest BCUT2D eigenvalue weighted by Crippen LogP contribution is 2.25. The van der Waals surface area contributed by atoms with Crippen LogP contribution in [0.3, 0.4) is 0 Å². The fourth-order valence-electron chi connectivity index (χ4n) is 2.20. The molecular formula is C16H22N4O3S. The van der Waals surface area contributed by atoms with E-state index >= 15 is 0 Å². The summed E-state index contributed by atoms with van der Waals surface area (Å²) in [7, 11) is 0. The summed E-state index contributed by atoms with van der Waals surface area (Å²) in [5, 5.41) is 5.84. The Bertz CT molecular complexity index is 825. The van der Waals surface area contributed by atoms with Gasteiger partial charge in [0.25, 0.3) is 5.56 Å². The molecule has 0 radical (unpaired) electrons. The highest BCUT2D eigenvalue weighted by Gasteiger charge is 2.14. The maximum absolute atomic E-state index is 12.5. The van der Waals surface area contributed by atoms with Crippen LogP contribution in [0.4, 0.5) is 0 Å². The van der Waals surface area contributed by atoms with Gasteiger partial charge in [-0.2, -0.15) is 0 Å². The molecule has 2 amide bonds. The zero-order valence-corrected chi connectivity index (χ0v) is 15.1. The number of aromatic nitrogens is 2. The molecule has 0 aromatic carbocycles. The number of nitrogens with one attached hydrogen (secondary N) is 2. The molecule has 0 bridgehead atoms. The number of thiophene rings is 1. The molecule has 0 saturated heterocycles. The average molecular weight is 350 g/mol. The van der Waals surface area contributed by atoms with Gasteiger partial charge >= 0.3 is 0 Å². The zero-order valence-electron chi connectivity index (χ0n) is 14.3. The Morgan fingerprint density at radius 2 is 2.04 bits per heavy atom. The lowest BCUT2D eigenvalue weighted by Gasteiger charge is -2.12. The number of rotatable bonds is 6. The van der Waals surface area contributed by atoms with Crippen LogP contribution < -0.4 is 16.2 Å². The van der Waals surface area contributed by atoms with Crippen molar-refractivity contribution < 1.29 is 9.59 Å². The molecule has 0 unspecified atom stereocenters. The van der Waals surface area contributed by atoms with Crippen molar-refractivity contribution in [2.45, 2.75) is 46.7 Å². The van der Waals surface area contributed by atoms with Crippen LogP contribution in [0.2, 0.25) is 0 Å². The molecular weight excluding hydrogens is 328 g/mol. The Kier molecular flexibility index (Phi) is 5.71. The van der Waals surface area contributed by atoms with Crippen LogP contribution in [0, 0.1) is 13.8 Å². The second-order valence-electron chi connectivity index (χ2n) is 5.79. The van der Waals surface area contributed by atoms with Gasteiger partial charge in [-0.25, -0.2) is 4.98 Å². The van der Waals surface area contributed by atoms with Crippen LogP contribution in [-0.2, 0) is 16.1 Å². The third kappa shape index (κ3) is 4.00. The van der Waals surface area contributed by atoms with Crippen LogP contribution in [0.25, 0.3) is 10.2 Å². The topological polar surface area (TPSA) is 93.1 Å². The Balaban J connectivity index is 2.03. The number of hydrogen-bond acceptors (Lipinski definition) is 5. The van der Waals surface area contributed by atoms with E-state index in [2.05, 4.69) is 15.6 Å². The molecule has 2 heterocycles. The van der Waals surface area contributed by atoms with E-state index in [1.807, 2.05) is 27.7 Å². The summed E-state index contributed by atoms with van der Waals surface area (Å²) in [5.74, 6) is -0.648. The van der Waals surface area contributed by atoms with Crippen molar-refractivity contribution in [3.05, 3.63) is 27.1 Å². The van der Waals surface area contributed by atoms with Crippen molar-refractivity contribution in [3.8, 4) is 0 Å². The number of aryl methyl sites for hydroxylation is 2. The first-order valence-electron chi connectivity index (χ1n) is 7.84. The summed E-state index contributed by atoms with van der Waals surface area (Å²) in [6, 6.07) is 0.0634. The van der Waals surface area contributed by atoms with Crippen LogP contribution in [-0.4, -0.2) is 34.0 Å². The van der Waals surface area contributed by atoms with Crippen molar-refractivity contribution in [2.24, 2.45) is 0 Å². The Labute approximate surface area is 144 Å². The molecule has 130 valence electrons. The van der Waals surface area contributed by atoms with E-state index in [0.717, 1.165) is 16.9 Å². The highest BCUT2D eigenvalue weighted by atomic mass is 32.1. The molecule has 7 nitrogen and oxygen atoms in total. The van der Waals surface area contributed by atoms with Gasteiger partial charge in [-0.15, -0.1) is 11.3 Å². The monoisotopic (exact) mass is 350 g/mol. The van der Waals surface area contributed by atoms with E-state index in [0.29, 0.717) is 10.2 Å². The van der Waals surface area contributed by atoms with E-state index in [4.69, 9.17) is 0 Å². The maximum atomic E-state index is 12.5. The summed E-state index contributed by atoms with van der Waals surface area (Å²) >= 11 is 1.46. The van der Waals surface area contributed by atoms with E-state index in [1.165, 1.54) is 22.2 Å². The molecule has 0 aliphatic heterocycles. The smallest absolute Gasteiger partial charge is 0.262 e. The molecule has 0 saturated carbocycles. The van der Waals surface area contributed by atoms with Crippen LogP contribution in [0.5, 0.6) is 0 Å². The minimum absolute atomic E-state index is 0.0634. The fourth-order valence-corrected chi connectivity index (χ4v) is 3.19. The first-order valence-corrected chi connectivity index (χ1v) is 8.66. The van der Waals surface area contributed by atoms with Crippen LogP contribution in [0.1, 0.15) is 30.7 Å². The van der Waals surface area contributed by atoms with Crippen LogP contribution >= 0.6 is 11.3 Å². The van der Waals surface area contributed by atoms with Crippen molar-refractivity contribution >= 4 is 33.4 Å². The number of fused-ring (bicyclic) bond motifs is 1. The maximum Gasteiger partial charge on any atom is 0.262 e. The van der Waals surface area contributed by atoms with Crippen molar-refractivity contribution in [3.63, 3.8) is 0 Å². The number of amides is 2. The first kappa shape index (κ1) is 18.1. The SMILES string of the molecule is CC[C@@H](C)NC(=O)CNC(=O)Cn1cnc2sc(C)c(C)c2c1=O. The van der Waals surface area contributed by atoms with E-state index in [1.54, 1.807) is 0 Å². The Morgan fingerprint density at radius 1 is 1.33 bits per heavy atom. The summed E-state index contributed by atoms with van der Waals surface area (Å²) < 4.78 is 1.27. The quantitative estimate of drug-likeness (QED) is 0.816. The molecule has 2 aromatic heterocycles. The molecule has 1 atom stereocenters. The first-order chi connectivity index (χ1) is 11.3. The predicted molar refractivity (Wildman–Crippen MR) is 94.3 cm³/mol. The fraction of sp³-hybridized carbons (Fsp3) is 0.500. The Morgan fingerprint density at radius 3 is 2.71 bits per heavy atom. The average Bonchev–Trinajstić information content (AvgIpc) is 2.83. The third-order valence-corrected chi connectivity index (χ3v) is 5.05. The lowest BCUT2D eigenvalue weighted by molar-refractivity contribution is -0.126. The molecule has 0 fully saturated rings. The second-order valence-corrected chi connectivity index (χ2v) is 7.00. The molecule has 0 aliphatic carbocycles. The molecule has 0 aliphatic rings. The minimum atomic E-state index is -0.401. The van der Waals surface area contributed by atoms with E-state index in [9.17, 15) is 14.4 Å². The molecule has 0 spiro atoms. The minimum Gasteiger partial charge on any atom is -0.352 e. The summed E-state index contributed by atoms with van der Waals surface area (Å²) in [6.07, 6.45) is 2.19. The van der Waals surface area contributed by atoms with Gasteiger partial charge in [0.2, 0.25) is 11.8 Å². The summed E-state index contributed by atoms with van der Waals surface area (Å²) in [5.41, 5.74) is 0.663. The van der Waals surface area contributed by atoms with Gasteiger partial charge in [-0.1, -0.05) is 6.92 Å². The van der Waals surface area contributed by atoms with E-state index < -0.39 is 5.91 Å². The largest absolute Gasteiger partial charge is 0.352 e. The predicted octanol–water partition coefficient (Wildman–Crippen LogP) is 1.11. The lowest BCUT2D eigenvalue weighted by Crippen LogP contribution is -2.42. The van der Waals surface area contributed by atoms with Gasteiger partial charge in [0.15, 0.2) is 0 Å². The highest BCUT2D eigenvalue weighted by molar-refractivity contribution is 7.18. The van der Waals surface area contributed by atoms with Crippen molar-refractivity contribution in [1.82, 2.24) is 20.2 Å². The van der Waals surface area contributed by atoms with Crippen molar-refractivity contribution in [2.75, 3.05) is 6.54 Å². The summed E-state index contributed by atoms with van der Waals surface area (Å²) in [4.78, 5) is 42.1. The molecule has 2 rings (SSSR count). The third-order valence-electron chi connectivity index (χ3n) is 3.94. The summed E-state index contributed by atoms with van der Waals surface area (Å²) in [6.45, 7) is 7.41. The molecule has 24 heavy (non-hydrogen) atoms. The molecule has 2 aromatic rings. The van der Waals surface area contributed by atoms with Gasteiger partial charge in [-0.3, -0.25) is 19.0 Å². The van der Waals surface area contributed by atoms with Crippen molar-refractivity contribution in [1.29, 1.82) is 0 Å². The molecule has 2 N–H and O–H groups in total. The van der Waals surface area contributed by atoms with Gasteiger partial charge in [-0.05, 0) is 32.8 Å². The number of carbonyl (C=O) groups excluding carboxylic acids is 2. The standard InChI is InChI=1S/C16H22N4O3S/c1-5-9(2)19-12(21)6-17-13(22)7-20-8-18-15-14(16(20)23)10(3)11(4)24-15/h8-9H,5-7H2,1-4H3,(H,17,22)(H,19,21)/t9-/m1/s1. The molecule has 8 heteroatoms. The lowest BCUT2D eigenvalue weighted by atomic mass is 10.2. The zero-order chi connectivity index (χ0) is 17.9. The number of carbonyl (C=O) groups is 2. The van der Waals surface area contributed by atoms with Gasteiger partial charge in [0.1, 0.15) is 11.4 Å². The number of hydrogen-bond donors (Lipinski definition) is 2. The van der Waals surface area contributed by atoms with Gasteiger partial charge < -0.3 is 10.6 Å². The van der Waals surface area contributed by atoms with Crippen LogP contribution in [0.15, 0.2) is 11.1 Å². The number of nitrogens with zero attached hydrogens (tertiary/aromatic N) is 2. The normalized spacial score (nSPS) is 12.2. The van der Waals surface area contributed by atoms with E-state index in [-0.39, 0.29) is 30.6 Å². The van der Waals surface area contributed by atoms with Gasteiger partial charge in [0, 0.05) is 10.9 Å².